The molecule has 1 aromatic heterocycles. The van der Waals surface area contributed by atoms with Crippen LogP contribution in [0.1, 0.15) is 34.1 Å². The van der Waals surface area contributed by atoms with Crippen molar-refractivity contribution in [2.24, 2.45) is 7.05 Å². The van der Waals surface area contributed by atoms with Gasteiger partial charge in [0.05, 0.1) is 11.6 Å². The second-order valence-electron chi connectivity index (χ2n) is 8.91. The first kappa shape index (κ1) is 19.9. The van der Waals surface area contributed by atoms with E-state index in [0.29, 0.717) is 19.5 Å². The van der Waals surface area contributed by atoms with Crippen LogP contribution in [0.5, 0.6) is 0 Å². The van der Waals surface area contributed by atoms with E-state index in [0.717, 1.165) is 32.1 Å². The van der Waals surface area contributed by atoms with Gasteiger partial charge < -0.3 is 24.2 Å². The third-order valence-corrected chi connectivity index (χ3v) is 5.48. The van der Waals surface area contributed by atoms with Gasteiger partial charge in [-0.1, -0.05) is 0 Å². The number of aromatic nitrogens is 2. The molecule has 2 aliphatic rings. The van der Waals surface area contributed by atoms with Crippen LogP contribution in [0.2, 0.25) is 0 Å². The molecule has 2 saturated heterocycles. The van der Waals surface area contributed by atoms with Crippen molar-refractivity contribution in [3.05, 3.63) is 12.4 Å². The first-order chi connectivity index (χ1) is 12.6. The molecule has 0 bridgehead atoms. The van der Waals surface area contributed by atoms with Crippen LogP contribution in [0.15, 0.2) is 12.4 Å². The fourth-order valence-electron chi connectivity index (χ4n) is 3.92. The molecule has 2 fully saturated rings. The normalized spacial score (nSPS) is 27.7. The van der Waals surface area contributed by atoms with Crippen LogP contribution < -0.4 is 4.90 Å². The molecule has 8 heteroatoms. The van der Waals surface area contributed by atoms with Crippen LogP contribution in [0.4, 0.5) is 10.7 Å². The summed E-state index contributed by atoms with van der Waals surface area (Å²) in [6.07, 6.45) is 4.02. The van der Waals surface area contributed by atoms with Crippen LogP contribution in [0.3, 0.4) is 0 Å². The van der Waals surface area contributed by atoms with Crippen molar-refractivity contribution < 1.29 is 14.6 Å². The van der Waals surface area contributed by atoms with Crippen LogP contribution in [-0.4, -0.2) is 87.1 Å². The maximum Gasteiger partial charge on any atom is 0.410 e. The van der Waals surface area contributed by atoms with Crippen LogP contribution in [-0.2, 0) is 11.8 Å². The average molecular weight is 380 g/mol. The van der Waals surface area contributed by atoms with Crippen molar-refractivity contribution >= 4 is 12.0 Å². The standard InChI is InChI=1S/C19H33N5O3/c1-18(2,3)27-17(25)24-8-6-19(4,26)15(14-24)22-10-12-23(13-11-22)16-20-7-9-21(16)5/h7,9,15,26H,6,8,10-14H2,1-5H3/t15-,19-/m0/s1. The monoisotopic (exact) mass is 379 g/mol. The number of ether oxygens (including phenoxy) is 1. The Morgan fingerprint density at radius 3 is 2.48 bits per heavy atom. The first-order valence-corrected chi connectivity index (χ1v) is 9.73. The quantitative estimate of drug-likeness (QED) is 0.835. The number of rotatable bonds is 2. The molecule has 8 nitrogen and oxygen atoms in total. The molecule has 27 heavy (non-hydrogen) atoms. The molecular formula is C19H33N5O3. The lowest BCUT2D eigenvalue weighted by atomic mass is 9.87. The molecule has 0 unspecified atom stereocenters. The number of aliphatic hydroxyl groups is 1. The summed E-state index contributed by atoms with van der Waals surface area (Å²) in [7, 11) is 2.00. The molecule has 3 rings (SSSR count). The van der Waals surface area contributed by atoms with Gasteiger partial charge >= 0.3 is 6.09 Å². The number of amides is 1. The molecule has 0 radical (unpaired) electrons. The van der Waals surface area contributed by atoms with Gasteiger partial charge in [-0.3, -0.25) is 4.90 Å². The van der Waals surface area contributed by atoms with E-state index in [1.165, 1.54) is 0 Å². The van der Waals surface area contributed by atoms with Crippen LogP contribution >= 0.6 is 0 Å². The Labute approximate surface area is 161 Å². The summed E-state index contributed by atoms with van der Waals surface area (Å²) in [5.74, 6) is 0.973. The topological polar surface area (TPSA) is 74.1 Å². The summed E-state index contributed by atoms with van der Waals surface area (Å²) >= 11 is 0. The molecule has 0 aromatic carbocycles. The van der Waals surface area contributed by atoms with Gasteiger partial charge in [-0.05, 0) is 34.1 Å². The Hall–Kier alpha value is -1.80. The predicted octanol–water partition coefficient (Wildman–Crippen LogP) is 1.30. The van der Waals surface area contributed by atoms with Crippen molar-refractivity contribution in [3.63, 3.8) is 0 Å². The Morgan fingerprint density at radius 1 is 1.26 bits per heavy atom. The summed E-state index contributed by atoms with van der Waals surface area (Å²) in [5, 5.41) is 11.0. The number of carbonyl (C=O) groups excluding carboxylic acids is 1. The van der Waals surface area contributed by atoms with E-state index in [1.54, 1.807) is 4.90 Å². The van der Waals surface area contributed by atoms with E-state index in [-0.39, 0.29) is 12.1 Å². The Morgan fingerprint density at radius 2 is 1.93 bits per heavy atom. The van der Waals surface area contributed by atoms with E-state index in [4.69, 9.17) is 4.74 Å². The second-order valence-corrected chi connectivity index (χ2v) is 8.91. The zero-order valence-corrected chi connectivity index (χ0v) is 17.2. The van der Waals surface area contributed by atoms with E-state index in [1.807, 2.05) is 51.7 Å². The van der Waals surface area contributed by atoms with Gasteiger partial charge in [0, 0.05) is 58.7 Å². The maximum absolute atomic E-state index is 12.5. The predicted molar refractivity (Wildman–Crippen MR) is 104 cm³/mol. The number of anilines is 1. The number of carbonyl (C=O) groups is 1. The average Bonchev–Trinajstić information content (AvgIpc) is 2.99. The number of likely N-dealkylation sites (tertiary alicyclic amines) is 1. The number of hydrogen-bond donors (Lipinski definition) is 1. The van der Waals surface area contributed by atoms with Crippen LogP contribution in [0, 0.1) is 0 Å². The highest BCUT2D eigenvalue weighted by molar-refractivity contribution is 5.68. The molecule has 3 heterocycles. The van der Waals surface area contributed by atoms with Gasteiger partial charge in [0.1, 0.15) is 5.60 Å². The van der Waals surface area contributed by atoms with E-state index in [2.05, 4.69) is 14.8 Å². The van der Waals surface area contributed by atoms with E-state index >= 15 is 0 Å². The first-order valence-electron chi connectivity index (χ1n) is 9.73. The highest BCUT2D eigenvalue weighted by atomic mass is 16.6. The number of piperidine rings is 1. The number of hydrogen-bond acceptors (Lipinski definition) is 6. The van der Waals surface area contributed by atoms with Gasteiger partial charge in [-0.25, -0.2) is 9.78 Å². The lowest BCUT2D eigenvalue weighted by Crippen LogP contribution is -2.65. The molecule has 0 aliphatic carbocycles. The van der Waals surface area contributed by atoms with E-state index in [9.17, 15) is 9.90 Å². The Kier molecular flexibility index (Phi) is 5.40. The minimum absolute atomic E-state index is 0.0951. The van der Waals surface area contributed by atoms with Crippen molar-refractivity contribution in [1.82, 2.24) is 19.4 Å². The van der Waals surface area contributed by atoms with Gasteiger partial charge in [-0.2, -0.15) is 0 Å². The molecule has 1 amide bonds. The zero-order chi connectivity index (χ0) is 19.8. The molecule has 1 aromatic rings. The second kappa shape index (κ2) is 7.31. The molecular weight excluding hydrogens is 346 g/mol. The third kappa shape index (κ3) is 4.55. The fraction of sp³-hybridized carbons (Fsp3) is 0.789. The number of aryl methyl sites for hydroxylation is 1. The van der Waals surface area contributed by atoms with Crippen molar-refractivity contribution in [2.75, 3.05) is 44.2 Å². The minimum atomic E-state index is -0.816. The SMILES string of the molecule is Cn1ccnc1N1CCN([C@H]2CN(C(=O)OC(C)(C)C)CC[C@]2(C)O)CC1. The summed E-state index contributed by atoms with van der Waals surface area (Å²) in [4.78, 5) is 23.2. The summed E-state index contributed by atoms with van der Waals surface area (Å²) in [6.45, 7) is 11.9. The summed E-state index contributed by atoms with van der Waals surface area (Å²) in [5.41, 5.74) is -1.33. The zero-order valence-electron chi connectivity index (χ0n) is 17.2. The van der Waals surface area contributed by atoms with Crippen molar-refractivity contribution in [3.8, 4) is 0 Å². The Bertz CT molecular complexity index is 659. The highest BCUT2D eigenvalue weighted by Gasteiger charge is 2.44. The summed E-state index contributed by atoms with van der Waals surface area (Å²) < 4.78 is 7.55. The lowest BCUT2D eigenvalue weighted by molar-refractivity contribution is -0.0839. The van der Waals surface area contributed by atoms with Gasteiger partial charge in [0.15, 0.2) is 0 Å². The molecule has 1 N–H and O–H groups in total. The number of nitrogens with zero attached hydrogens (tertiary/aromatic N) is 5. The summed E-state index contributed by atoms with van der Waals surface area (Å²) in [6, 6.07) is -0.0951. The molecule has 152 valence electrons. The largest absolute Gasteiger partial charge is 0.444 e. The molecule has 0 saturated carbocycles. The molecule has 2 aliphatic heterocycles. The van der Waals surface area contributed by atoms with Crippen LogP contribution in [0.25, 0.3) is 0 Å². The fourth-order valence-corrected chi connectivity index (χ4v) is 3.92. The Balaban J connectivity index is 1.63. The molecule has 2 atom stereocenters. The van der Waals surface area contributed by atoms with E-state index < -0.39 is 11.2 Å². The maximum atomic E-state index is 12.5. The lowest BCUT2D eigenvalue weighted by Gasteiger charge is -2.49. The number of imidazole rings is 1. The van der Waals surface area contributed by atoms with Crippen molar-refractivity contribution in [1.29, 1.82) is 0 Å². The smallest absolute Gasteiger partial charge is 0.410 e. The van der Waals surface area contributed by atoms with Crippen molar-refractivity contribution in [2.45, 2.75) is 51.4 Å². The third-order valence-electron chi connectivity index (χ3n) is 5.48. The minimum Gasteiger partial charge on any atom is -0.444 e. The molecule has 0 spiro atoms. The van der Waals surface area contributed by atoms with Gasteiger partial charge in [0.25, 0.3) is 0 Å². The van der Waals surface area contributed by atoms with Gasteiger partial charge in [0.2, 0.25) is 5.95 Å². The number of piperazine rings is 1. The highest BCUT2D eigenvalue weighted by Crippen LogP contribution is 2.28. The van der Waals surface area contributed by atoms with Gasteiger partial charge in [-0.15, -0.1) is 0 Å².